The lowest BCUT2D eigenvalue weighted by atomic mass is 9.83. The summed E-state index contributed by atoms with van der Waals surface area (Å²) in [5.41, 5.74) is 6.28. The van der Waals surface area contributed by atoms with Crippen molar-refractivity contribution in [1.82, 2.24) is 14.5 Å². The molecule has 34 heavy (non-hydrogen) atoms. The molecule has 0 atom stereocenters. The van der Waals surface area contributed by atoms with Gasteiger partial charge < -0.3 is 9.55 Å². The van der Waals surface area contributed by atoms with Crippen LogP contribution in [0.15, 0.2) is 78.9 Å². The second-order valence-electron chi connectivity index (χ2n) is 8.67. The molecule has 0 bridgehead atoms. The highest BCUT2D eigenvalue weighted by Crippen LogP contribution is 2.35. The van der Waals surface area contributed by atoms with Crippen molar-refractivity contribution < 1.29 is 9.59 Å². The minimum absolute atomic E-state index is 0.134. The number of benzene rings is 4. The molecule has 4 aromatic carbocycles. The summed E-state index contributed by atoms with van der Waals surface area (Å²) >= 11 is 0. The standard InChI is InChI=1S/C29H19N3O2/c1-2-32-23-10-6-5-7-17(23)21-15-16(11-14-24(21)32)29-30-22-13-12-20-25(26(22)31-29)28(34)19-9-4-3-8-18(19)27(20)33/h3-15H,2H2,1H3,(H,30,31). The van der Waals surface area contributed by atoms with Gasteiger partial charge in [0.1, 0.15) is 11.3 Å². The number of hydrogen-bond donors (Lipinski definition) is 1. The van der Waals surface area contributed by atoms with Gasteiger partial charge in [-0.05, 0) is 43.3 Å². The summed E-state index contributed by atoms with van der Waals surface area (Å²) in [5, 5.41) is 2.37. The van der Waals surface area contributed by atoms with Crippen LogP contribution in [0.3, 0.4) is 0 Å². The predicted octanol–water partition coefficient (Wildman–Crippen LogP) is 6.13. The zero-order valence-corrected chi connectivity index (χ0v) is 18.4. The van der Waals surface area contributed by atoms with E-state index in [-0.39, 0.29) is 11.6 Å². The molecule has 0 radical (unpaired) electrons. The minimum Gasteiger partial charge on any atom is -0.341 e. The molecule has 162 valence electrons. The zero-order chi connectivity index (χ0) is 23.0. The van der Waals surface area contributed by atoms with Gasteiger partial charge in [0, 0.05) is 50.6 Å². The van der Waals surface area contributed by atoms with Crippen LogP contribution in [0.4, 0.5) is 0 Å². The maximum Gasteiger partial charge on any atom is 0.196 e. The second-order valence-corrected chi connectivity index (χ2v) is 8.67. The lowest BCUT2D eigenvalue weighted by molar-refractivity contribution is 0.0980. The molecule has 2 heterocycles. The number of hydrogen-bond acceptors (Lipinski definition) is 3. The molecule has 5 nitrogen and oxygen atoms in total. The molecule has 0 amide bonds. The number of rotatable bonds is 2. The van der Waals surface area contributed by atoms with E-state index in [0.29, 0.717) is 33.6 Å². The van der Waals surface area contributed by atoms with Crippen LogP contribution >= 0.6 is 0 Å². The van der Waals surface area contributed by atoms with Crippen LogP contribution in [0, 0.1) is 0 Å². The number of imidazole rings is 1. The quantitative estimate of drug-likeness (QED) is 0.351. The van der Waals surface area contributed by atoms with Gasteiger partial charge in [-0.2, -0.15) is 0 Å². The van der Waals surface area contributed by atoms with Crippen LogP contribution in [-0.2, 0) is 6.54 Å². The SMILES string of the molecule is CCn1c2ccccc2c2cc(-c3nc4c5c(ccc4[nH]3)C(=O)c3ccccc3C5=O)ccc21. The molecule has 0 unspecified atom stereocenters. The molecule has 0 fully saturated rings. The Bertz CT molecular complexity index is 1840. The number of aromatic nitrogens is 3. The van der Waals surface area contributed by atoms with Gasteiger partial charge in [-0.25, -0.2) is 4.98 Å². The van der Waals surface area contributed by atoms with E-state index in [0.717, 1.165) is 23.0 Å². The van der Waals surface area contributed by atoms with E-state index in [1.807, 2.05) is 6.07 Å². The molecule has 1 aliphatic rings. The van der Waals surface area contributed by atoms with Crippen LogP contribution in [0.25, 0.3) is 44.2 Å². The number of fused-ring (bicyclic) bond motifs is 7. The van der Waals surface area contributed by atoms with Crippen molar-refractivity contribution in [1.29, 1.82) is 0 Å². The summed E-state index contributed by atoms with van der Waals surface area (Å²) in [6.07, 6.45) is 0. The highest BCUT2D eigenvalue weighted by atomic mass is 16.1. The van der Waals surface area contributed by atoms with Gasteiger partial charge in [0.05, 0.1) is 11.1 Å². The number of para-hydroxylation sites is 1. The van der Waals surface area contributed by atoms with Gasteiger partial charge in [-0.1, -0.05) is 42.5 Å². The first-order chi connectivity index (χ1) is 16.7. The van der Waals surface area contributed by atoms with Crippen LogP contribution < -0.4 is 0 Å². The highest BCUT2D eigenvalue weighted by molar-refractivity contribution is 6.31. The third-order valence-corrected chi connectivity index (χ3v) is 6.90. The van der Waals surface area contributed by atoms with E-state index in [9.17, 15) is 9.59 Å². The Kier molecular flexibility index (Phi) is 3.77. The first kappa shape index (κ1) is 19.0. The van der Waals surface area contributed by atoms with Gasteiger partial charge in [0.2, 0.25) is 0 Å². The number of carbonyl (C=O) groups excluding carboxylic acids is 2. The molecule has 0 aliphatic heterocycles. The Hall–Kier alpha value is -4.51. The maximum atomic E-state index is 13.4. The molecule has 2 aromatic heterocycles. The summed E-state index contributed by atoms with van der Waals surface area (Å²) in [6, 6.07) is 25.3. The fourth-order valence-electron chi connectivity index (χ4n) is 5.33. The number of nitrogens with one attached hydrogen (secondary N) is 1. The number of carbonyl (C=O) groups is 2. The fourth-order valence-corrected chi connectivity index (χ4v) is 5.33. The zero-order valence-electron chi connectivity index (χ0n) is 18.4. The van der Waals surface area contributed by atoms with Crippen LogP contribution in [0.5, 0.6) is 0 Å². The number of nitrogens with zero attached hydrogens (tertiary/aromatic N) is 2. The second kappa shape index (κ2) is 6.75. The van der Waals surface area contributed by atoms with Gasteiger partial charge in [0.25, 0.3) is 0 Å². The number of aromatic amines is 1. The summed E-state index contributed by atoms with van der Waals surface area (Å²) in [6.45, 7) is 3.04. The van der Waals surface area contributed by atoms with Crippen molar-refractivity contribution in [2.75, 3.05) is 0 Å². The Morgan fingerprint density at radius 3 is 2.32 bits per heavy atom. The van der Waals surface area contributed by atoms with Crippen molar-refractivity contribution in [2.45, 2.75) is 13.5 Å². The van der Waals surface area contributed by atoms with E-state index in [1.54, 1.807) is 30.3 Å². The summed E-state index contributed by atoms with van der Waals surface area (Å²) < 4.78 is 2.31. The smallest absolute Gasteiger partial charge is 0.196 e. The van der Waals surface area contributed by atoms with E-state index in [2.05, 4.69) is 58.9 Å². The topological polar surface area (TPSA) is 67.8 Å². The average molecular weight is 441 g/mol. The van der Waals surface area contributed by atoms with Gasteiger partial charge in [-0.15, -0.1) is 0 Å². The van der Waals surface area contributed by atoms with E-state index >= 15 is 0 Å². The van der Waals surface area contributed by atoms with Gasteiger partial charge in [0.15, 0.2) is 11.6 Å². The van der Waals surface area contributed by atoms with Crippen molar-refractivity contribution in [2.24, 2.45) is 0 Å². The van der Waals surface area contributed by atoms with Gasteiger partial charge >= 0.3 is 0 Å². The molecular weight excluding hydrogens is 422 g/mol. The van der Waals surface area contributed by atoms with Crippen molar-refractivity contribution in [3.05, 3.63) is 101 Å². The average Bonchev–Trinajstić information content (AvgIpc) is 3.45. The summed E-state index contributed by atoms with van der Waals surface area (Å²) in [5.74, 6) is 0.388. The Morgan fingerprint density at radius 2 is 1.50 bits per heavy atom. The van der Waals surface area contributed by atoms with Crippen LogP contribution in [0.1, 0.15) is 38.8 Å². The lowest BCUT2D eigenvalue weighted by Gasteiger charge is -2.17. The lowest BCUT2D eigenvalue weighted by Crippen LogP contribution is -2.21. The van der Waals surface area contributed by atoms with E-state index in [1.165, 1.54) is 16.4 Å². The number of ketones is 2. The molecule has 5 heteroatoms. The molecule has 7 rings (SSSR count). The molecule has 0 saturated heterocycles. The van der Waals surface area contributed by atoms with Crippen LogP contribution in [0.2, 0.25) is 0 Å². The third-order valence-electron chi connectivity index (χ3n) is 6.90. The Balaban J connectivity index is 1.44. The van der Waals surface area contributed by atoms with Crippen LogP contribution in [-0.4, -0.2) is 26.1 Å². The summed E-state index contributed by atoms with van der Waals surface area (Å²) in [7, 11) is 0. The maximum absolute atomic E-state index is 13.4. The minimum atomic E-state index is -0.157. The molecule has 1 aliphatic carbocycles. The molecule has 6 aromatic rings. The first-order valence-corrected chi connectivity index (χ1v) is 11.4. The molecule has 0 spiro atoms. The molecule has 0 saturated carbocycles. The number of H-pyrrole nitrogens is 1. The molecule has 1 N–H and O–H groups in total. The highest BCUT2D eigenvalue weighted by Gasteiger charge is 2.32. The fraction of sp³-hybridized carbons (Fsp3) is 0.0690. The normalized spacial score (nSPS) is 13.1. The van der Waals surface area contributed by atoms with Crippen molar-refractivity contribution >= 4 is 44.4 Å². The van der Waals surface area contributed by atoms with Crippen molar-refractivity contribution in [3.63, 3.8) is 0 Å². The molecular formula is C29H19N3O2. The third kappa shape index (κ3) is 2.41. The number of aryl methyl sites for hydroxylation is 1. The van der Waals surface area contributed by atoms with Gasteiger partial charge in [-0.3, -0.25) is 9.59 Å². The Labute approximate surface area is 194 Å². The van der Waals surface area contributed by atoms with E-state index < -0.39 is 0 Å². The predicted molar refractivity (Wildman–Crippen MR) is 134 cm³/mol. The monoisotopic (exact) mass is 441 g/mol. The first-order valence-electron chi connectivity index (χ1n) is 11.4. The summed E-state index contributed by atoms with van der Waals surface area (Å²) in [4.78, 5) is 34.7. The Morgan fingerprint density at radius 1 is 0.765 bits per heavy atom. The van der Waals surface area contributed by atoms with Crippen molar-refractivity contribution in [3.8, 4) is 11.4 Å². The van der Waals surface area contributed by atoms with E-state index in [4.69, 9.17) is 4.98 Å². The largest absolute Gasteiger partial charge is 0.341 e.